The van der Waals surface area contributed by atoms with Crippen LogP contribution in [-0.4, -0.2) is 63.7 Å². The van der Waals surface area contributed by atoms with Crippen LogP contribution in [0, 0.1) is 5.92 Å². The van der Waals surface area contributed by atoms with Gasteiger partial charge in [-0.3, -0.25) is 0 Å². The first-order chi connectivity index (χ1) is 9.37. The molecule has 1 N–H and O–H groups in total. The third-order valence-electron chi connectivity index (χ3n) is 2.78. The van der Waals surface area contributed by atoms with E-state index in [9.17, 15) is 9.59 Å². The fourth-order valence-corrected chi connectivity index (χ4v) is 1.52. The van der Waals surface area contributed by atoms with E-state index in [4.69, 9.17) is 14.2 Å². The van der Waals surface area contributed by atoms with Crippen LogP contribution < -0.4 is 5.32 Å². The molecule has 0 aliphatic rings. The molecule has 0 bridgehead atoms. The summed E-state index contributed by atoms with van der Waals surface area (Å²) in [6, 6.07) is -1.05. The minimum atomic E-state index is -0.673. The van der Waals surface area contributed by atoms with Gasteiger partial charge in [0.1, 0.15) is 6.04 Å². The average molecular weight is 290 g/mol. The number of carbonyl (C=O) groups is 2. The second-order valence-corrected chi connectivity index (χ2v) is 4.70. The number of methoxy groups -OCH3 is 2. The van der Waals surface area contributed by atoms with Crippen LogP contribution in [0.4, 0.5) is 4.79 Å². The van der Waals surface area contributed by atoms with Gasteiger partial charge in [-0.05, 0) is 12.8 Å². The number of likely N-dealkylation sites (N-methyl/N-ethyl adjacent to an activating group) is 1. The van der Waals surface area contributed by atoms with Crippen molar-refractivity contribution in [2.45, 2.75) is 33.1 Å². The zero-order chi connectivity index (χ0) is 15.7. The van der Waals surface area contributed by atoms with Crippen LogP contribution in [0.5, 0.6) is 0 Å². The molecule has 0 rings (SSSR count). The molecule has 0 fully saturated rings. The molecule has 0 heterocycles. The number of urea groups is 1. The Balaban J connectivity index is 4.55. The van der Waals surface area contributed by atoms with Gasteiger partial charge in [-0.1, -0.05) is 13.8 Å². The lowest BCUT2D eigenvalue weighted by Crippen LogP contribution is -2.51. The minimum Gasteiger partial charge on any atom is -0.464 e. The number of carbonyl (C=O) groups excluding carboxylic acids is 2. The van der Waals surface area contributed by atoms with E-state index in [2.05, 4.69) is 5.32 Å². The molecule has 0 saturated heterocycles. The van der Waals surface area contributed by atoms with Crippen molar-refractivity contribution in [3.63, 3.8) is 0 Å². The second kappa shape index (κ2) is 9.55. The van der Waals surface area contributed by atoms with E-state index in [0.717, 1.165) is 0 Å². The van der Waals surface area contributed by atoms with Crippen molar-refractivity contribution >= 4 is 12.0 Å². The van der Waals surface area contributed by atoms with E-state index in [-0.39, 0.29) is 25.1 Å². The monoisotopic (exact) mass is 290 g/mol. The van der Waals surface area contributed by atoms with Crippen LogP contribution in [0.1, 0.15) is 20.8 Å². The normalized spacial score (nSPS) is 12.4. The molecule has 2 amide bonds. The predicted octanol–water partition coefficient (Wildman–Crippen LogP) is 0.834. The first-order valence-corrected chi connectivity index (χ1v) is 6.61. The predicted molar refractivity (Wildman–Crippen MR) is 74.2 cm³/mol. The number of rotatable bonds is 8. The van der Waals surface area contributed by atoms with Gasteiger partial charge < -0.3 is 24.4 Å². The molecular formula is C13H26N2O5. The zero-order valence-corrected chi connectivity index (χ0v) is 13.1. The lowest BCUT2D eigenvalue weighted by atomic mass is 10.1. The number of hydrogen-bond donors (Lipinski definition) is 1. The van der Waals surface area contributed by atoms with Gasteiger partial charge in [0.15, 0.2) is 6.29 Å². The smallest absolute Gasteiger partial charge is 0.328 e. The van der Waals surface area contributed by atoms with Crippen LogP contribution in [0.15, 0.2) is 0 Å². The van der Waals surface area contributed by atoms with E-state index in [0.29, 0.717) is 0 Å². The van der Waals surface area contributed by atoms with Crippen molar-refractivity contribution in [3.05, 3.63) is 0 Å². The Hall–Kier alpha value is -1.34. The molecule has 1 atom stereocenters. The van der Waals surface area contributed by atoms with Crippen molar-refractivity contribution < 1.29 is 23.8 Å². The van der Waals surface area contributed by atoms with Crippen molar-refractivity contribution in [3.8, 4) is 0 Å². The molecule has 7 nitrogen and oxygen atoms in total. The van der Waals surface area contributed by atoms with Crippen molar-refractivity contribution in [1.29, 1.82) is 0 Å². The highest BCUT2D eigenvalue weighted by atomic mass is 16.7. The van der Waals surface area contributed by atoms with Crippen molar-refractivity contribution in [2.75, 3.05) is 34.4 Å². The minimum absolute atomic E-state index is 0.0629. The third-order valence-corrected chi connectivity index (χ3v) is 2.78. The third kappa shape index (κ3) is 6.21. The van der Waals surface area contributed by atoms with Gasteiger partial charge in [0.05, 0.1) is 13.2 Å². The molecule has 0 aliphatic carbocycles. The van der Waals surface area contributed by atoms with E-state index in [1.54, 1.807) is 14.0 Å². The number of nitrogens with zero attached hydrogens (tertiary/aromatic N) is 1. The fourth-order valence-electron chi connectivity index (χ4n) is 1.52. The summed E-state index contributed by atoms with van der Waals surface area (Å²) in [7, 11) is 4.59. The SMILES string of the molecule is CCOC(=O)[C@@H](NC(=O)N(C)CC(OC)OC)C(C)C. The molecule has 0 aromatic rings. The van der Waals surface area contributed by atoms with Gasteiger partial charge >= 0.3 is 12.0 Å². The molecule has 0 spiro atoms. The summed E-state index contributed by atoms with van der Waals surface area (Å²) in [5.74, 6) is -0.494. The highest BCUT2D eigenvalue weighted by molar-refractivity contribution is 5.83. The molecule has 7 heteroatoms. The van der Waals surface area contributed by atoms with Crippen LogP contribution >= 0.6 is 0 Å². The van der Waals surface area contributed by atoms with Crippen LogP contribution in [0.3, 0.4) is 0 Å². The van der Waals surface area contributed by atoms with E-state index >= 15 is 0 Å². The van der Waals surface area contributed by atoms with Gasteiger partial charge in [-0.2, -0.15) is 0 Å². The Bertz CT molecular complexity index is 305. The Morgan fingerprint density at radius 3 is 2.15 bits per heavy atom. The zero-order valence-electron chi connectivity index (χ0n) is 13.1. The first kappa shape index (κ1) is 18.7. The molecule has 118 valence electrons. The van der Waals surface area contributed by atoms with Crippen LogP contribution in [-0.2, 0) is 19.0 Å². The number of nitrogens with one attached hydrogen (secondary N) is 1. The summed E-state index contributed by atoms with van der Waals surface area (Å²) in [5, 5.41) is 2.66. The lowest BCUT2D eigenvalue weighted by Gasteiger charge is -2.26. The molecule has 0 aromatic heterocycles. The largest absolute Gasteiger partial charge is 0.464 e. The Labute approximate surface area is 120 Å². The quantitative estimate of drug-likeness (QED) is 0.529. The molecule has 0 saturated carbocycles. The van der Waals surface area contributed by atoms with Gasteiger partial charge in [-0.15, -0.1) is 0 Å². The van der Waals surface area contributed by atoms with Gasteiger partial charge in [-0.25, -0.2) is 9.59 Å². The van der Waals surface area contributed by atoms with Crippen molar-refractivity contribution in [1.82, 2.24) is 10.2 Å². The summed E-state index contributed by atoms with van der Waals surface area (Å²) < 4.78 is 15.0. The number of ether oxygens (including phenoxy) is 3. The highest BCUT2D eigenvalue weighted by Crippen LogP contribution is 2.05. The summed E-state index contributed by atoms with van der Waals surface area (Å²) in [4.78, 5) is 25.2. The standard InChI is InChI=1S/C13H26N2O5/c1-7-20-12(16)11(9(2)3)14-13(17)15(4)8-10(18-5)19-6/h9-11H,7-8H2,1-6H3,(H,14,17)/t11-/m0/s1. The second-order valence-electron chi connectivity index (χ2n) is 4.70. The van der Waals surface area contributed by atoms with Crippen molar-refractivity contribution in [2.24, 2.45) is 5.92 Å². The van der Waals surface area contributed by atoms with E-state index in [1.165, 1.54) is 19.1 Å². The molecule has 0 aromatic carbocycles. The topological polar surface area (TPSA) is 77.1 Å². The lowest BCUT2D eigenvalue weighted by molar-refractivity contribution is -0.146. The Kier molecular flexibility index (Phi) is 8.91. The molecule has 20 heavy (non-hydrogen) atoms. The summed E-state index contributed by atoms with van der Waals surface area (Å²) in [6.45, 7) is 5.95. The molecule has 0 radical (unpaired) electrons. The van der Waals surface area contributed by atoms with Crippen LogP contribution in [0.2, 0.25) is 0 Å². The summed E-state index contributed by atoms with van der Waals surface area (Å²) >= 11 is 0. The van der Waals surface area contributed by atoms with Gasteiger partial charge in [0, 0.05) is 21.3 Å². The first-order valence-electron chi connectivity index (χ1n) is 6.61. The van der Waals surface area contributed by atoms with E-state index in [1.807, 2.05) is 13.8 Å². The maximum absolute atomic E-state index is 12.0. The number of hydrogen-bond acceptors (Lipinski definition) is 5. The Morgan fingerprint density at radius 1 is 1.20 bits per heavy atom. The number of esters is 1. The van der Waals surface area contributed by atoms with E-state index < -0.39 is 18.3 Å². The maximum atomic E-state index is 12.0. The fraction of sp³-hybridized carbons (Fsp3) is 0.846. The highest BCUT2D eigenvalue weighted by Gasteiger charge is 2.27. The summed E-state index contributed by atoms with van der Waals surface area (Å²) in [5.41, 5.74) is 0. The summed E-state index contributed by atoms with van der Waals surface area (Å²) in [6.07, 6.45) is -0.508. The molecule has 0 aliphatic heterocycles. The van der Waals surface area contributed by atoms with Gasteiger partial charge in [0.25, 0.3) is 0 Å². The molecule has 0 unspecified atom stereocenters. The van der Waals surface area contributed by atoms with Gasteiger partial charge in [0.2, 0.25) is 0 Å². The maximum Gasteiger partial charge on any atom is 0.328 e. The average Bonchev–Trinajstić information content (AvgIpc) is 2.41. The Morgan fingerprint density at radius 2 is 1.75 bits per heavy atom. The van der Waals surface area contributed by atoms with Crippen LogP contribution in [0.25, 0.3) is 0 Å². The number of amides is 2. The molecular weight excluding hydrogens is 264 g/mol.